The molecule has 0 radical (unpaired) electrons. The van der Waals surface area contributed by atoms with Gasteiger partial charge in [-0.15, -0.1) is 22.7 Å². The number of hydrogen-bond donors (Lipinski definition) is 3. The van der Waals surface area contributed by atoms with Crippen molar-refractivity contribution in [3.8, 4) is 39.9 Å². The van der Waals surface area contributed by atoms with Crippen LogP contribution in [0.25, 0.3) is 22.5 Å². The molecular formula is C45H48F6N6O4S2. The summed E-state index contributed by atoms with van der Waals surface area (Å²) in [6.45, 7) is 0.375. The van der Waals surface area contributed by atoms with Crippen molar-refractivity contribution in [2.45, 2.75) is 89.4 Å². The Bertz CT molecular complexity index is 2380. The average molecular weight is 915 g/mol. The zero-order valence-electron chi connectivity index (χ0n) is 34.5. The fourth-order valence-electron chi connectivity index (χ4n) is 6.64. The number of ether oxygens (including phenoxy) is 3. The van der Waals surface area contributed by atoms with E-state index in [1.54, 1.807) is 41.2 Å². The first-order valence-electron chi connectivity index (χ1n) is 20.7. The molecule has 4 aromatic heterocycles. The van der Waals surface area contributed by atoms with Gasteiger partial charge in [0.05, 0.1) is 42.8 Å². The van der Waals surface area contributed by atoms with Gasteiger partial charge in [-0.2, -0.15) is 26.3 Å². The zero-order valence-corrected chi connectivity index (χ0v) is 36.2. The van der Waals surface area contributed by atoms with Crippen LogP contribution in [0.1, 0.15) is 88.2 Å². The first kappa shape index (κ1) is 46.9. The summed E-state index contributed by atoms with van der Waals surface area (Å²) in [5, 5.41) is 10.3. The minimum Gasteiger partial charge on any atom is -0.493 e. The number of nitrogens with one attached hydrogen (secondary N) is 3. The third-order valence-corrected chi connectivity index (χ3v) is 11.5. The van der Waals surface area contributed by atoms with Crippen LogP contribution in [-0.2, 0) is 12.4 Å². The van der Waals surface area contributed by atoms with Gasteiger partial charge in [-0.05, 0) is 61.4 Å². The van der Waals surface area contributed by atoms with Crippen molar-refractivity contribution in [2.24, 2.45) is 0 Å². The Morgan fingerprint density at radius 1 is 0.603 bits per heavy atom. The number of hydrogen-bond acceptors (Lipinski definition) is 11. The van der Waals surface area contributed by atoms with Crippen molar-refractivity contribution in [3.63, 3.8) is 0 Å². The highest BCUT2D eigenvalue weighted by Gasteiger charge is 2.36. The third kappa shape index (κ3) is 14.5. The number of anilines is 4. The molecule has 3 N–H and O–H groups in total. The smallest absolute Gasteiger partial charge is 0.420 e. The Labute approximate surface area is 369 Å². The maximum absolute atomic E-state index is 14.0. The number of unbranched alkanes of at least 4 members (excludes halogenated alkanes) is 11. The molecule has 18 heteroatoms. The second-order valence-corrected chi connectivity index (χ2v) is 16.4. The number of rotatable bonds is 24. The van der Waals surface area contributed by atoms with Crippen LogP contribution in [-0.4, -0.2) is 40.3 Å². The number of H-pyrrole nitrogens is 1. The van der Waals surface area contributed by atoms with E-state index in [4.69, 9.17) is 14.2 Å². The topological polar surface area (TPSA) is 123 Å². The molecule has 0 aliphatic carbocycles. The molecule has 0 aliphatic heterocycles. The monoisotopic (exact) mass is 914 g/mol. The predicted octanol–water partition coefficient (Wildman–Crippen LogP) is 13.7. The summed E-state index contributed by atoms with van der Waals surface area (Å²) in [4.78, 5) is 27.0. The molecule has 0 spiro atoms. The molecule has 63 heavy (non-hydrogen) atoms. The summed E-state index contributed by atoms with van der Waals surface area (Å²) in [7, 11) is 1.52. The Kier molecular flexibility index (Phi) is 16.8. The molecule has 0 aliphatic rings. The van der Waals surface area contributed by atoms with Crippen molar-refractivity contribution in [2.75, 3.05) is 31.0 Å². The van der Waals surface area contributed by atoms with E-state index in [1.807, 2.05) is 0 Å². The Hall–Kier alpha value is -5.62. The summed E-state index contributed by atoms with van der Waals surface area (Å²) in [5.41, 5.74) is 1.19. The fraction of sp³-hybridized carbons (Fsp3) is 0.378. The molecule has 0 saturated heterocycles. The number of aromatic amines is 1. The highest BCUT2D eigenvalue weighted by Crippen LogP contribution is 2.40. The van der Waals surface area contributed by atoms with Gasteiger partial charge in [0.15, 0.2) is 10.3 Å². The lowest BCUT2D eigenvalue weighted by molar-refractivity contribution is -0.139. The molecule has 2 aromatic carbocycles. The molecule has 10 nitrogen and oxygen atoms in total. The van der Waals surface area contributed by atoms with E-state index in [0.29, 0.717) is 45.9 Å². The quantitative estimate of drug-likeness (QED) is 0.0402. The van der Waals surface area contributed by atoms with Crippen LogP contribution < -0.4 is 30.4 Å². The van der Waals surface area contributed by atoms with Gasteiger partial charge < -0.3 is 29.8 Å². The number of pyridine rings is 2. The summed E-state index contributed by atoms with van der Waals surface area (Å²) in [5.74, 6) is 0.0524. The van der Waals surface area contributed by atoms with E-state index >= 15 is 0 Å². The van der Waals surface area contributed by atoms with Crippen LogP contribution in [0, 0.1) is 0 Å². The maximum Gasteiger partial charge on any atom is 0.420 e. The molecule has 336 valence electrons. The van der Waals surface area contributed by atoms with Crippen molar-refractivity contribution < 1.29 is 40.6 Å². The number of thiazole rings is 2. The van der Waals surface area contributed by atoms with Gasteiger partial charge in [0, 0.05) is 57.8 Å². The van der Waals surface area contributed by atoms with Crippen LogP contribution in [0.3, 0.4) is 0 Å². The Balaban J connectivity index is 0.802. The van der Waals surface area contributed by atoms with Gasteiger partial charge in [-0.3, -0.25) is 4.79 Å². The van der Waals surface area contributed by atoms with E-state index in [-0.39, 0.29) is 41.6 Å². The highest BCUT2D eigenvalue weighted by atomic mass is 32.1. The van der Waals surface area contributed by atoms with E-state index in [0.717, 1.165) is 81.9 Å². The van der Waals surface area contributed by atoms with Crippen LogP contribution >= 0.6 is 22.7 Å². The van der Waals surface area contributed by atoms with Crippen molar-refractivity contribution in [1.29, 1.82) is 0 Å². The highest BCUT2D eigenvalue weighted by molar-refractivity contribution is 7.14. The number of halogens is 6. The number of nitrogens with zero attached hydrogens (tertiary/aromatic N) is 3. The lowest BCUT2D eigenvalue weighted by Crippen LogP contribution is -2.10. The molecule has 6 rings (SSSR count). The SMILES string of the molecule is COc1ccc(-c2csc(Nc3ccc(OCCCCCCCCCCCCCCOc4ccc(Nc5nc(-c6ccc(=O)[nH]c6)cs5)cc4C(F)(F)F)c(C(F)(F)F)c3)n2)cn1. The summed E-state index contributed by atoms with van der Waals surface area (Å²) < 4.78 is 100.0. The third-order valence-electron chi connectivity index (χ3n) is 9.96. The lowest BCUT2D eigenvalue weighted by atomic mass is 10.1. The molecular weight excluding hydrogens is 867 g/mol. The van der Waals surface area contributed by atoms with Crippen LogP contribution in [0.15, 0.2) is 88.6 Å². The van der Waals surface area contributed by atoms with Crippen molar-refractivity contribution in [3.05, 3.63) is 105 Å². The Morgan fingerprint density at radius 3 is 1.48 bits per heavy atom. The summed E-state index contributed by atoms with van der Waals surface area (Å²) in [6.07, 6.45) is 5.34. The maximum atomic E-state index is 14.0. The van der Waals surface area contributed by atoms with Gasteiger partial charge in [-0.25, -0.2) is 15.0 Å². The van der Waals surface area contributed by atoms with Gasteiger partial charge in [0.2, 0.25) is 11.4 Å². The first-order valence-corrected chi connectivity index (χ1v) is 22.4. The summed E-state index contributed by atoms with van der Waals surface area (Å²) >= 11 is 2.51. The molecule has 0 amide bonds. The second-order valence-electron chi connectivity index (χ2n) is 14.7. The second kappa shape index (κ2) is 22.6. The minimum absolute atomic E-state index is 0.184. The number of aromatic nitrogens is 4. The van der Waals surface area contributed by atoms with Gasteiger partial charge >= 0.3 is 12.4 Å². The molecule has 0 atom stereocenters. The molecule has 4 heterocycles. The number of benzene rings is 2. The number of methoxy groups -OCH3 is 1. The zero-order chi connectivity index (χ0) is 44.7. The first-order chi connectivity index (χ1) is 30.4. The van der Waals surface area contributed by atoms with Gasteiger partial charge in [0.25, 0.3) is 0 Å². The van der Waals surface area contributed by atoms with E-state index in [9.17, 15) is 31.1 Å². The standard InChI is InChI=1S/C45H48F6N6O4S2/c1-59-41-21-15-31(27-53-41)37-29-63-43(57-37)55-33-17-19-39(35(25-33)45(49,50)51)61-23-13-11-9-7-5-3-2-4-6-8-10-12-22-60-38-18-16-32(24-34(38)44(46,47)48)54-42-56-36(28-62-42)30-14-20-40(58)52-26-30/h14-21,24-29H,2-13,22-23H2,1H3,(H,52,58)(H,54,56)(H,55,57). The van der Waals surface area contributed by atoms with Crippen LogP contribution in [0.2, 0.25) is 0 Å². The number of alkyl halides is 6. The van der Waals surface area contributed by atoms with E-state index in [2.05, 4.69) is 30.6 Å². The Morgan fingerprint density at radius 2 is 1.06 bits per heavy atom. The van der Waals surface area contributed by atoms with E-state index < -0.39 is 23.5 Å². The largest absolute Gasteiger partial charge is 0.493 e. The van der Waals surface area contributed by atoms with Gasteiger partial charge in [0.1, 0.15) is 11.5 Å². The molecule has 0 bridgehead atoms. The van der Waals surface area contributed by atoms with Crippen molar-refractivity contribution in [1.82, 2.24) is 19.9 Å². The van der Waals surface area contributed by atoms with Crippen LogP contribution in [0.5, 0.6) is 17.4 Å². The minimum atomic E-state index is -4.60. The van der Waals surface area contributed by atoms with Crippen LogP contribution in [0.4, 0.5) is 48.0 Å². The fourth-order valence-corrected chi connectivity index (χ4v) is 8.12. The normalized spacial score (nSPS) is 11.7. The summed E-state index contributed by atoms with van der Waals surface area (Å²) in [6, 6.07) is 14.3. The predicted molar refractivity (Wildman–Crippen MR) is 236 cm³/mol. The molecule has 0 saturated carbocycles. The lowest BCUT2D eigenvalue weighted by Gasteiger charge is -2.15. The molecule has 0 fully saturated rings. The molecule has 6 aromatic rings. The average Bonchev–Trinajstić information content (AvgIpc) is 3.94. The van der Waals surface area contributed by atoms with Crippen molar-refractivity contribution >= 4 is 44.3 Å². The van der Waals surface area contributed by atoms with E-state index in [1.165, 1.54) is 60.2 Å². The molecule has 0 unspecified atom stereocenters. The van der Waals surface area contributed by atoms with Gasteiger partial charge in [-0.1, -0.05) is 64.2 Å².